The van der Waals surface area contributed by atoms with Crippen LogP contribution in [0.25, 0.3) is 0 Å². The summed E-state index contributed by atoms with van der Waals surface area (Å²) in [5, 5.41) is 3.17. The maximum atomic E-state index is 11.4. The highest BCUT2D eigenvalue weighted by Crippen LogP contribution is 2.09. The van der Waals surface area contributed by atoms with Gasteiger partial charge in [-0.2, -0.15) is 4.98 Å². The SMILES string of the molecule is Cc1cn(C)c(=O)nc1NCc1ccccc1. The maximum absolute atomic E-state index is 11.4. The third-order valence-corrected chi connectivity index (χ3v) is 2.57. The van der Waals surface area contributed by atoms with E-state index in [0.29, 0.717) is 12.4 Å². The Labute approximate surface area is 99.9 Å². The number of hydrogen-bond acceptors (Lipinski definition) is 3. The van der Waals surface area contributed by atoms with E-state index in [0.717, 1.165) is 11.1 Å². The van der Waals surface area contributed by atoms with Crippen LogP contribution >= 0.6 is 0 Å². The van der Waals surface area contributed by atoms with E-state index in [-0.39, 0.29) is 5.69 Å². The highest BCUT2D eigenvalue weighted by molar-refractivity contribution is 5.41. The average Bonchev–Trinajstić information content (AvgIpc) is 2.33. The van der Waals surface area contributed by atoms with Gasteiger partial charge in [0, 0.05) is 25.4 Å². The lowest BCUT2D eigenvalue weighted by Crippen LogP contribution is -2.21. The van der Waals surface area contributed by atoms with Gasteiger partial charge in [0.2, 0.25) is 0 Å². The van der Waals surface area contributed by atoms with Crippen molar-refractivity contribution in [3.63, 3.8) is 0 Å². The van der Waals surface area contributed by atoms with Crippen LogP contribution in [0.5, 0.6) is 0 Å². The van der Waals surface area contributed by atoms with Gasteiger partial charge in [-0.25, -0.2) is 4.79 Å². The van der Waals surface area contributed by atoms with Gasteiger partial charge in [0.1, 0.15) is 5.82 Å². The Kier molecular flexibility index (Phi) is 3.23. The Morgan fingerprint density at radius 1 is 1.29 bits per heavy atom. The molecule has 2 aromatic rings. The molecular weight excluding hydrogens is 214 g/mol. The number of nitrogens with zero attached hydrogens (tertiary/aromatic N) is 2. The average molecular weight is 229 g/mol. The fraction of sp³-hybridized carbons (Fsp3) is 0.231. The van der Waals surface area contributed by atoms with Crippen molar-refractivity contribution >= 4 is 5.82 Å². The minimum atomic E-state index is -0.244. The molecule has 1 aromatic heterocycles. The molecule has 0 saturated carbocycles. The number of aromatic nitrogens is 2. The van der Waals surface area contributed by atoms with Crippen LogP contribution in [0, 0.1) is 6.92 Å². The van der Waals surface area contributed by atoms with Crippen LogP contribution < -0.4 is 11.0 Å². The zero-order valence-corrected chi connectivity index (χ0v) is 9.97. The van der Waals surface area contributed by atoms with Gasteiger partial charge in [-0.3, -0.25) is 0 Å². The van der Waals surface area contributed by atoms with Crippen LogP contribution in [0.2, 0.25) is 0 Å². The lowest BCUT2D eigenvalue weighted by atomic mass is 10.2. The molecule has 0 aliphatic carbocycles. The summed E-state index contributed by atoms with van der Waals surface area (Å²) in [6.07, 6.45) is 1.78. The van der Waals surface area contributed by atoms with Crippen molar-refractivity contribution in [1.82, 2.24) is 9.55 Å². The third-order valence-electron chi connectivity index (χ3n) is 2.57. The zero-order valence-electron chi connectivity index (χ0n) is 9.97. The summed E-state index contributed by atoms with van der Waals surface area (Å²) >= 11 is 0. The van der Waals surface area contributed by atoms with Crippen molar-refractivity contribution in [2.75, 3.05) is 5.32 Å². The van der Waals surface area contributed by atoms with Crippen molar-refractivity contribution in [3.05, 3.63) is 58.1 Å². The van der Waals surface area contributed by atoms with Gasteiger partial charge in [0.25, 0.3) is 0 Å². The molecule has 4 nitrogen and oxygen atoms in total. The van der Waals surface area contributed by atoms with E-state index in [9.17, 15) is 4.79 Å². The molecule has 0 aliphatic heterocycles. The van der Waals surface area contributed by atoms with E-state index in [1.807, 2.05) is 37.3 Å². The zero-order chi connectivity index (χ0) is 12.3. The van der Waals surface area contributed by atoms with E-state index >= 15 is 0 Å². The molecule has 0 atom stereocenters. The topological polar surface area (TPSA) is 46.9 Å². The molecule has 4 heteroatoms. The van der Waals surface area contributed by atoms with Crippen LogP contribution in [-0.2, 0) is 13.6 Å². The van der Waals surface area contributed by atoms with Crippen molar-refractivity contribution in [2.45, 2.75) is 13.5 Å². The summed E-state index contributed by atoms with van der Waals surface area (Å²) in [6, 6.07) is 10.0. The molecule has 1 heterocycles. The molecule has 0 amide bonds. The fourth-order valence-corrected chi connectivity index (χ4v) is 1.63. The van der Waals surface area contributed by atoms with Gasteiger partial charge in [-0.05, 0) is 12.5 Å². The van der Waals surface area contributed by atoms with Crippen molar-refractivity contribution in [1.29, 1.82) is 0 Å². The highest BCUT2D eigenvalue weighted by atomic mass is 16.1. The Morgan fingerprint density at radius 2 is 2.00 bits per heavy atom. The molecule has 2 rings (SSSR count). The summed E-state index contributed by atoms with van der Waals surface area (Å²) in [7, 11) is 1.70. The van der Waals surface area contributed by atoms with Crippen molar-refractivity contribution in [3.8, 4) is 0 Å². The molecule has 17 heavy (non-hydrogen) atoms. The minimum Gasteiger partial charge on any atom is -0.366 e. The quantitative estimate of drug-likeness (QED) is 0.871. The standard InChI is InChI=1S/C13H15N3O/c1-10-9-16(2)13(17)15-12(10)14-8-11-6-4-3-5-7-11/h3-7,9H,8H2,1-2H3,(H,14,15,17). The fourth-order valence-electron chi connectivity index (χ4n) is 1.63. The number of benzene rings is 1. The molecule has 0 aliphatic rings. The molecule has 0 fully saturated rings. The van der Waals surface area contributed by atoms with E-state index in [1.165, 1.54) is 4.57 Å². The van der Waals surface area contributed by atoms with Crippen LogP contribution in [0.3, 0.4) is 0 Å². The molecule has 0 saturated heterocycles. The minimum absolute atomic E-state index is 0.244. The van der Waals surface area contributed by atoms with Gasteiger partial charge in [0.15, 0.2) is 0 Å². The van der Waals surface area contributed by atoms with Gasteiger partial charge >= 0.3 is 5.69 Å². The van der Waals surface area contributed by atoms with Gasteiger partial charge < -0.3 is 9.88 Å². The number of aryl methyl sites for hydroxylation is 2. The van der Waals surface area contributed by atoms with Gasteiger partial charge in [-0.15, -0.1) is 0 Å². The number of hydrogen-bond donors (Lipinski definition) is 1. The van der Waals surface area contributed by atoms with Crippen molar-refractivity contribution in [2.24, 2.45) is 7.05 Å². The summed E-state index contributed by atoms with van der Waals surface area (Å²) in [5.74, 6) is 0.650. The molecule has 0 spiro atoms. The largest absolute Gasteiger partial charge is 0.366 e. The monoisotopic (exact) mass is 229 g/mol. The second-order valence-corrected chi connectivity index (χ2v) is 4.01. The third kappa shape index (κ3) is 2.72. The molecule has 1 N–H and O–H groups in total. The molecule has 0 unspecified atom stereocenters. The Hall–Kier alpha value is -2.10. The first kappa shape index (κ1) is 11.4. The number of anilines is 1. The van der Waals surface area contributed by atoms with Crippen LogP contribution in [0.1, 0.15) is 11.1 Å². The first-order chi connectivity index (χ1) is 8.16. The van der Waals surface area contributed by atoms with Crippen molar-refractivity contribution < 1.29 is 0 Å². The van der Waals surface area contributed by atoms with Crippen LogP contribution in [0.4, 0.5) is 5.82 Å². The first-order valence-electron chi connectivity index (χ1n) is 5.49. The lowest BCUT2D eigenvalue weighted by Gasteiger charge is -2.09. The highest BCUT2D eigenvalue weighted by Gasteiger charge is 2.02. The van der Waals surface area contributed by atoms with Crippen LogP contribution in [-0.4, -0.2) is 9.55 Å². The molecular formula is C13H15N3O. The summed E-state index contributed by atoms with van der Waals surface area (Å²) in [6.45, 7) is 2.60. The van der Waals surface area contributed by atoms with E-state index < -0.39 is 0 Å². The first-order valence-corrected chi connectivity index (χ1v) is 5.49. The molecule has 88 valence electrons. The predicted octanol–water partition coefficient (Wildman–Crippen LogP) is 1.70. The van der Waals surface area contributed by atoms with E-state index in [2.05, 4.69) is 10.3 Å². The maximum Gasteiger partial charge on any atom is 0.349 e. The van der Waals surface area contributed by atoms with Gasteiger partial charge in [-0.1, -0.05) is 30.3 Å². The van der Waals surface area contributed by atoms with E-state index in [1.54, 1.807) is 13.2 Å². The second-order valence-electron chi connectivity index (χ2n) is 4.01. The van der Waals surface area contributed by atoms with Gasteiger partial charge in [0.05, 0.1) is 0 Å². The summed E-state index contributed by atoms with van der Waals surface area (Å²) in [4.78, 5) is 15.4. The molecule has 0 radical (unpaired) electrons. The Bertz CT molecular complexity index is 561. The summed E-state index contributed by atoms with van der Waals surface area (Å²) in [5.41, 5.74) is 1.88. The lowest BCUT2D eigenvalue weighted by molar-refractivity contribution is 0.801. The second kappa shape index (κ2) is 4.82. The number of nitrogens with one attached hydrogen (secondary N) is 1. The predicted molar refractivity (Wildman–Crippen MR) is 68.0 cm³/mol. The Morgan fingerprint density at radius 3 is 2.71 bits per heavy atom. The Balaban J connectivity index is 2.15. The normalized spacial score (nSPS) is 10.2. The summed E-state index contributed by atoms with van der Waals surface area (Å²) < 4.78 is 1.48. The van der Waals surface area contributed by atoms with E-state index in [4.69, 9.17) is 0 Å². The molecule has 1 aromatic carbocycles. The number of rotatable bonds is 3. The van der Waals surface area contributed by atoms with Crippen LogP contribution in [0.15, 0.2) is 41.3 Å². The molecule has 0 bridgehead atoms. The smallest absolute Gasteiger partial charge is 0.349 e.